The molecule has 0 spiro atoms. The zero-order chi connectivity index (χ0) is 10.7. The van der Waals surface area contributed by atoms with Crippen molar-refractivity contribution in [3.8, 4) is 0 Å². The molecule has 84 valence electrons. The van der Waals surface area contributed by atoms with Crippen LogP contribution in [0, 0.1) is 6.92 Å². The van der Waals surface area contributed by atoms with Crippen molar-refractivity contribution in [2.45, 2.75) is 20.4 Å². The topological polar surface area (TPSA) is 35.2 Å². The Labute approximate surface area is 91.3 Å². The lowest BCUT2D eigenvalue weighted by atomic mass is 10.2. The fraction of sp³-hybridized carbons (Fsp3) is 0.727. The molecule has 0 radical (unpaired) electrons. The van der Waals surface area contributed by atoms with Gasteiger partial charge in [-0.2, -0.15) is 0 Å². The molecular weight excluding hydrogens is 188 g/mol. The Kier molecular flexibility index (Phi) is 3.38. The van der Waals surface area contributed by atoms with Crippen LogP contribution in [0.5, 0.6) is 0 Å². The zero-order valence-electron chi connectivity index (χ0n) is 9.66. The van der Waals surface area contributed by atoms with Crippen LogP contribution in [-0.2, 0) is 6.54 Å². The van der Waals surface area contributed by atoms with Gasteiger partial charge < -0.3 is 9.88 Å². The van der Waals surface area contributed by atoms with Gasteiger partial charge in [0, 0.05) is 38.4 Å². The average Bonchev–Trinajstić information content (AvgIpc) is 2.66. The second-order valence-electron chi connectivity index (χ2n) is 4.18. The maximum atomic E-state index is 4.34. The van der Waals surface area contributed by atoms with E-state index in [1.54, 1.807) is 6.33 Å². The monoisotopic (exact) mass is 208 g/mol. The number of piperazine rings is 1. The number of H-pyrrole nitrogens is 1. The number of aromatic nitrogens is 2. The van der Waals surface area contributed by atoms with Gasteiger partial charge in [0.25, 0.3) is 0 Å². The SMILES string of the molecule is CCN1CCN(Cc2nc[nH]c2C)CC1. The van der Waals surface area contributed by atoms with Crippen molar-refractivity contribution in [1.82, 2.24) is 19.8 Å². The number of hydrogen-bond acceptors (Lipinski definition) is 3. The predicted molar refractivity (Wildman–Crippen MR) is 60.7 cm³/mol. The Morgan fingerprint density at radius 2 is 1.93 bits per heavy atom. The fourth-order valence-corrected chi connectivity index (χ4v) is 2.02. The summed E-state index contributed by atoms with van der Waals surface area (Å²) in [4.78, 5) is 12.4. The third-order valence-electron chi connectivity index (χ3n) is 3.22. The Bertz CT molecular complexity index is 299. The van der Waals surface area contributed by atoms with Gasteiger partial charge in [0.15, 0.2) is 0 Å². The molecule has 1 aliphatic rings. The molecule has 0 atom stereocenters. The molecule has 0 unspecified atom stereocenters. The van der Waals surface area contributed by atoms with Crippen LogP contribution in [0.25, 0.3) is 0 Å². The number of hydrogen-bond donors (Lipinski definition) is 1. The first kappa shape index (κ1) is 10.6. The Balaban J connectivity index is 1.85. The van der Waals surface area contributed by atoms with E-state index in [9.17, 15) is 0 Å². The molecule has 2 rings (SSSR count). The summed E-state index contributed by atoms with van der Waals surface area (Å²) in [5.41, 5.74) is 2.40. The van der Waals surface area contributed by atoms with Crippen LogP contribution in [0.2, 0.25) is 0 Å². The summed E-state index contributed by atoms with van der Waals surface area (Å²) in [7, 11) is 0. The van der Waals surface area contributed by atoms with Gasteiger partial charge in [-0.25, -0.2) is 4.98 Å². The van der Waals surface area contributed by atoms with E-state index < -0.39 is 0 Å². The quantitative estimate of drug-likeness (QED) is 0.800. The summed E-state index contributed by atoms with van der Waals surface area (Å²) in [5.74, 6) is 0. The largest absolute Gasteiger partial charge is 0.348 e. The summed E-state index contributed by atoms with van der Waals surface area (Å²) in [6.45, 7) is 11.2. The first-order valence-corrected chi connectivity index (χ1v) is 5.73. The maximum Gasteiger partial charge on any atom is 0.0925 e. The summed E-state index contributed by atoms with van der Waals surface area (Å²) in [6, 6.07) is 0. The van der Waals surface area contributed by atoms with E-state index in [-0.39, 0.29) is 0 Å². The van der Waals surface area contributed by atoms with E-state index in [2.05, 4.69) is 33.6 Å². The van der Waals surface area contributed by atoms with Gasteiger partial charge in [-0.1, -0.05) is 6.92 Å². The van der Waals surface area contributed by atoms with Crippen molar-refractivity contribution in [3.05, 3.63) is 17.7 Å². The molecule has 1 N–H and O–H groups in total. The van der Waals surface area contributed by atoms with Crippen molar-refractivity contribution in [1.29, 1.82) is 0 Å². The van der Waals surface area contributed by atoms with E-state index in [0.29, 0.717) is 0 Å². The molecule has 1 fully saturated rings. The fourth-order valence-electron chi connectivity index (χ4n) is 2.02. The molecule has 0 amide bonds. The molecule has 15 heavy (non-hydrogen) atoms. The number of likely N-dealkylation sites (N-methyl/N-ethyl adjacent to an activating group) is 1. The zero-order valence-corrected chi connectivity index (χ0v) is 9.66. The van der Waals surface area contributed by atoms with Crippen LogP contribution in [0.3, 0.4) is 0 Å². The second-order valence-corrected chi connectivity index (χ2v) is 4.18. The van der Waals surface area contributed by atoms with E-state index in [1.807, 2.05) is 0 Å². The molecular formula is C11H20N4. The molecule has 4 nitrogen and oxygen atoms in total. The van der Waals surface area contributed by atoms with Gasteiger partial charge in [0.1, 0.15) is 0 Å². The maximum absolute atomic E-state index is 4.34. The van der Waals surface area contributed by atoms with E-state index in [1.165, 1.54) is 44.1 Å². The van der Waals surface area contributed by atoms with E-state index >= 15 is 0 Å². The molecule has 4 heteroatoms. The number of imidazole rings is 1. The lowest BCUT2D eigenvalue weighted by Crippen LogP contribution is -2.45. The van der Waals surface area contributed by atoms with Gasteiger partial charge in [0.2, 0.25) is 0 Å². The van der Waals surface area contributed by atoms with Crippen molar-refractivity contribution in [3.63, 3.8) is 0 Å². The first-order chi connectivity index (χ1) is 7.29. The molecule has 0 aliphatic carbocycles. The molecule has 1 saturated heterocycles. The summed E-state index contributed by atoms with van der Waals surface area (Å²) >= 11 is 0. The van der Waals surface area contributed by atoms with Crippen molar-refractivity contribution in [2.75, 3.05) is 32.7 Å². The smallest absolute Gasteiger partial charge is 0.0925 e. The Morgan fingerprint density at radius 1 is 1.27 bits per heavy atom. The molecule has 2 heterocycles. The van der Waals surface area contributed by atoms with Crippen LogP contribution in [0.4, 0.5) is 0 Å². The minimum absolute atomic E-state index is 0.993. The van der Waals surface area contributed by atoms with Gasteiger partial charge in [-0.15, -0.1) is 0 Å². The summed E-state index contributed by atoms with van der Waals surface area (Å²) in [6.07, 6.45) is 1.78. The lowest BCUT2D eigenvalue weighted by Gasteiger charge is -2.33. The van der Waals surface area contributed by atoms with E-state index in [0.717, 1.165) is 6.54 Å². The van der Waals surface area contributed by atoms with Crippen molar-refractivity contribution < 1.29 is 0 Å². The minimum atomic E-state index is 0.993. The van der Waals surface area contributed by atoms with Gasteiger partial charge in [0.05, 0.1) is 12.0 Å². The van der Waals surface area contributed by atoms with Crippen LogP contribution in [-0.4, -0.2) is 52.5 Å². The second kappa shape index (κ2) is 4.77. The standard InChI is InChI=1S/C11H20N4/c1-3-14-4-6-15(7-5-14)8-11-10(2)12-9-13-11/h9H,3-8H2,1-2H3,(H,12,13). The van der Waals surface area contributed by atoms with Gasteiger partial charge in [-0.3, -0.25) is 4.90 Å². The van der Waals surface area contributed by atoms with Gasteiger partial charge in [-0.05, 0) is 13.5 Å². The highest BCUT2D eigenvalue weighted by atomic mass is 15.3. The molecule has 0 aromatic carbocycles. The average molecular weight is 208 g/mol. The number of rotatable bonds is 3. The van der Waals surface area contributed by atoms with Gasteiger partial charge >= 0.3 is 0 Å². The molecule has 1 aliphatic heterocycles. The third-order valence-corrected chi connectivity index (χ3v) is 3.22. The van der Waals surface area contributed by atoms with Crippen LogP contribution in [0.1, 0.15) is 18.3 Å². The van der Waals surface area contributed by atoms with Crippen LogP contribution >= 0.6 is 0 Å². The molecule has 1 aromatic heterocycles. The van der Waals surface area contributed by atoms with Crippen LogP contribution < -0.4 is 0 Å². The minimum Gasteiger partial charge on any atom is -0.348 e. The lowest BCUT2D eigenvalue weighted by molar-refractivity contribution is 0.131. The number of aryl methyl sites for hydroxylation is 1. The molecule has 0 saturated carbocycles. The highest BCUT2D eigenvalue weighted by Gasteiger charge is 2.16. The first-order valence-electron chi connectivity index (χ1n) is 5.73. The predicted octanol–water partition coefficient (Wildman–Crippen LogP) is 0.856. The Morgan fingerprint density at radius 3 is 2.47 bits per heavy atom. The van der Waals surface area contributed by atoms with Crippen molar-refractivity contribution >= 4 is 0 Å². The van der Waals surface area contributed by atoms with E-state index in [4.69, 9.17) is 0 Å². The third kappa shape index (κ3) is 2.58. The Hall–Kier alpha value is -0.870. The number of nitrogens with one attached hydrogen (secondary N) is 1. The molecule has 1 aromatic rings. The normalized spacial score (nSPS) is 19.6. The van der Waals surface area contributed by atoms with Crippen LogP contribution in [0.15, 0.2) is 6.33 Å². The number of nitrogens with zero attached hydrogens (tertiary/aromatic N) is 3. The highest BCUT2D eigenvalue weighted by Crippen LogP contribution is 2.08. The molecule has 0 bridgehead atoms. The summed E-state index contributed by atoms with van der Waals surface area (Å²) < 4.78 is 0. The number of aromatic amines is 1. The highest BCUT2D eigenvalue weighted by molar-refractivity contribution is 5.08. The summed E-state index contributed by atoms with van der Waals surface area (Å²) in [5, 5.41) is 0. The van der Waals surface area contributed by atoms with Crippen molar-refractivity contribution in [2.24, 2.45) is 0 Å².